The Bertz CT molecular complexity index is 1380. The van der Waals surface area contributed by atoms with Gasteiger partial charge in [-0.25, -0.2) is 9.97 Å². The minimum atomic E-state index is 0.202. The summed E-state index contributed by atoms with van der Waals surface area (Å²) in [5, 5.41) is 10.5. The van der Waals surface area contributed by atoms with Crippen LogP contribution in [-0.4, -0.2) is 34.9 Å². The summed E-state index contributed by atoms with van der Waals surface area (Å²) in [6.07, 6.45) is 4.18. The average Bonchev–Trinajstić information content (AvgIpc) is 3.20. The number of aromatic nitrogens is 3. The van der Waals surface area contributed by atoms with Crippen LogP contribution in [0.2, 0.25) is 0 Å². The average molecular weight is 441 g/mol. The van der Waals surface area contributed by atoms with Crippen LogP contribution in [0.15, 0.2) is 48.9 Å². The van der Waals surface area contributed by atoms with E-state index in [1.165, 1.54) is 6.33 Å². The smallest absolute Gasteiger partial charge is 0.157 e. The third-order valence-corrected chi connectivity index (χ3v) is 5.47. The third-order valence-electron chi connectivity index (χ3n) is 5.47. The second kappa shape index (κ2) is 8.63. The molecule has 0 bridgehead atoms. The zero-order valence-electron chi connectivity index (χ0n) is 18.9. The largest absolute Gasteiger partial charge is 0.455 e. The number of aldehydes is 1. The Kier molecular flexibility index (Phi) is 5.71. The van der Waals surface area contributed by atoms with E-state index in [9.17, 15) is 10.1 Å². The lowest BCUT2D eigenvalue weighted by molar-refractivity contribution is 0.112. The van der Waals surface area contributed by atoms with Crippen LogP contribution in [0.1, 0.15) is 35.8 Å². The van der Waals surface area contributed by atoms with Gasteiger partial charge in [0, 0.05) is 31.9 Å². The van der Waals surface area contributed by atoms with Gasteiger partial charge in [-0.05, 0) is 43.7 Å². The first kappa shape index (κ1) is 21.8. The van der Waals surface area contributed by atoms with Gasteiger partial charge in [0.2, 0.25) is 0 Å². The zero-order chi connectivity index (χ0) is 23.7. The second-order valence-electron chi connectivity index (χ2n) is 8.13. The number of nitrogens with zero attached hydrogens (tertiary/aromatic N) is 5. The lowest BCUT2D eigenvalue weighted by Crippen LogP contribution is -2.11. The van der Waals surface area contributed by atoms with Crippen molar-refractivity contribution in [1.82, 2.24) is 14.5 Å². The molecule has 0 unspecified atom stereocenters. The zero-order valence-corrected chi connectivity index (χ0v) is 18.9. The molecule has 4 aromatic rings. The van der Waals surface area contributed by atoms with Crippen molar-refractivity contribution < 1.29 is 9.53 Å². The number of fused-ring (bicyclic) bond motifs is 1. The minimum absolute atomic E-state index is 0.202. The Balaban J connectivity index is 1.76. The number of nitrogens with two attached hydrogens (primary N) is 1. The van der Waals surface area contributed by atoms with Gasteiger partial charge in [0.15, 0.2) is 12.0 Å². The molecule has 0 saturated heterocycles. The summed E-state index contributed by atoms with van der Waals surface area (Å²) in [6, 6.07) is 13.2. The molecule has 8 heteroatoms. The summed E-state index contributed by atoms with van der Waals surface area (Å²) < 4.78 is 8.09. The van der Waals surface area contributed by atoms with Crippen molar-refractivity contribution in [3.8, 4) is 28.7 Å². The summed E-state index contributed by atoms with van der Waals surface area (Å²) in [5.41, 5.74) is 10.1. The molecule has 0 amide bonds. The Morgan fingerprint density at radius 1 is 1.15 bits per heavy atom. The summed E-state index contributed by atoms with van der Waals surface area (Å²) in [5.74, 6) is 1.16. The predicted molar refractivity (Wildman–Crippen MR) is 129 cm³/mol. The van der Waals surface area contributed by atoms with Gasteiger partial charge < -0.3 is 19.9 Å². The SMILES string of the molecule is CC(C)n1cc(-c2ccc(Oc3c(C=O)ccc(N(C)C)c3C#N)cc2)c2c(N)ncnc21. The first-order chi connectivity index (χ1) is 15.8. The molecule has 0 atom stereocenters. The maximum atomic E-state index is 11.6. The van der Waals surface area contributed by atoms with E-state index in [-0.39, 0.29) is 11.8 Å². The van der Waals surface area contributed by atoms with Crippen LogP contribution in [0.25, 0.3) is 22.2 Å². The lowest BCUT2D eigenvalue weighted by Gasteiger charge is -2.18. The number of rotatable bonds is 6. The Morgan fingerprint density at radius 3 is 2.48 bits per heavy atom. The summed E-state index contributed by atoms with van der Waals surface area (Å²) in [6.45, 7) is 4.16. The van der Waals surface area contributed by atoms with Gasteiger partial charge >= 0.3 is 0 Å². The maximum Gasteiger partial charge on any atom is 0.157 e. The quantitative estimate of drug-likeness (QED) is 0.429. The number of hydrogen-bond donors (Lipinski definition) is 1. The molecule has 0 radical (unpaired) electrons. The van der Waals surface area contributed by atoms with Crippen molar-refractivity contribution in [2.24, 2.45) is 0 Å². The number of carbonyl (C=O) groups excluding carboxylic acids is 1. The van der Waals surface area contributed by atoms with Crippen molar-refractivity contribution in [3.63, 3.8) is 0 Å². The lowest BCUT2D eigenvalue weighted by atomic mass is 10.1. The van der Waals surface area contributed by atoms with E-state index in [1.54, 1.807) is 29.2 Å². The van der Waals surface area contributed by atoms with Crippen LogP contribution in [0.5, 0.6) is 11.5 Å². The molecular weight excluding hydrogens is 416 g/mol. The molecule has 4 rings (SSSR count). The van der Waals surface area contributed by atoms with Gasteiger partial charge in [-0.2, -0.15) is 5.26 Å². The summed E-state index contributed by atoms with van der Waals surface area (Å²) >= 11 is 0. The number of ether oxygens (including phenoxy) is 1. The third kappa shape index (κ3) is 3.85. The molecule has 2 N–H and O–H groups in total. The van der Waals surface area contributed by atoms with E-state index in [2.05, 4.69) is 34.5 Å². The molecule has 2 aromatic heterocycles. The van der Waals surface area contributed by atoms with E-state index in [0.29, 0.717) is 34.7 Å². The highest BCUT2D eigenvalue weighted by atomic mass is 16.5. The van der Waals surface area contributed by atoms with E-state index in [0.717, 1.165) is 22.2 Å². The highest BCUT2D eigenvalue weighted by Gasteiger charge is 2.18. The Hall–Kier alpha value is -4.38. The number of benzene rings is 2. The molecule has 0 aliphatic rings. The Labute approximate surface area is 191 Å². The van der Waals surface area contributed by atoms with Crippen molar-refractivity contribution in [2.75, 3.05) is 24.7 Å². The topological polar surface area (TPSA) is 110 Å². The van der Waals surface area contributed by atoms with Crippen LogP contribution >= 0.6 is 0 Å². The summed E-state index contributed by atoms with van der Waals surface area (Å²) in [4.78, 5) is 22.0. The van der Waals surface area contributed by atoms with Gasteiger partial charge in [-0.1, -0.05) is 12.1 Å². The molecule has 0 aliphatic carbocycles. The van der Waals surface area contributed by atoms with Gasteiger partial charge in [0.1, 0.15) is 35.2 Å². The first-order valence-corrected chi connectivity index (χ1v) is 10.4. The fourth-order valence-electron chi connectivity index (χ4n) is 3.81. The van der Waals surface area contributed by atoms with Crippen LogP contribution in [0, 0.1) is 11.3 Å². The van der Waals surface area contributed by atoms with Gasteiger partial charge in [-0.3, -0.25) is 4.79 Å². The molecular formula is C25H24N6O2. The van der Waals surface area contributed by atoms with E-state index >= 15 is 0 Å². The second-order valence-corrected chi connectivity index (χ2v) is 8.13. The monoisotopic (exact) mass is 440 g/mol. The van der Waals surface area contributed by atoms with Crippen molar-refractivity contribution >= 4 is 28.8 Å². The van der Waals surface area contributed by atoms with Crippen LogP contribution in [-0.2, 0) is 0 Å². The van der Waals surface area contributed by atoms with Crippen LogP contribution in [0.4, 0.5) is 11.5 Å². The van der Waals surface area contributed by atoms with Crippen molar-refractivity contribution in [3.05, 3.63) is 60.0 Å². The number of nitrogen functional groups attached to an aromatic ring is 1. The van der Waals surface area contributed by atoms with Gasteiger partial charge in [-0.15, -0.1) is 0 Å². The molecule has 2 heterocycles. The van der Waals surface area contributed by atoms with E-state index in [4.69, 9.17) is 10.5 Å². The maximum absolute atomic E-state index is 11.6. The summed E-state index contributed by atoms with van der Waals surface area (Å²) in [7, 11) is 3.66. The standard InChI is InChI=1S/C25H24N6O2/c1-15(2)31-12-20(22-24(27)28-14-29-25(22)31)16-5-8-18(9-6-16)33-23-17(13-32)7-10-21(30(3)4)19(23)11-26/h5-10,12-15H,1-4H3,(H2,27,28,29). The number of hydrogen-bond acceptors (Lipinski definition) is 7. The number of nitriles is 1. The van der Waals surface area contributed by atoms with Crippen LogP contribution < -0.4 is 15.4 Å². The molecule has 33 heavy (non-hydrogen) atoms. The van der Waals surface area contributed by atoms with Crippen molar-refractivity contribution in [2.45, 2.75) is 19.9 Å². The molecule has 8 nitrogen and oxygen atoms in total. The number of carbonyl (C=O) groups is 1. The van der Waals surface area contributed by atoms with Gasteiger partial charge in [0.25, 0.3) is 0 Å². The molecule has 166 valence electrons. The minimum Gasteiger partial charge on any atom is -0.455 e. The first-order valence-electron chi connectivity index (χ1n) is 10.4. The highest BCUT2D eigenvalue weighted by molar-refractivity contribution is 6.00. The van der Waals surface area contributed by atoms with Crippen LogP contribution in [0.3, 0.4) is 0 Å². The van der Waals surface area contributed by atoms with Crippen molar-refractivity contribution in [1.29, 1.82) is 5.26 Å². The van der Waals surface area contributed by atoms with E-state index in [1.807, 2.05) is 32.4 Å². The fraction of sp³-hybridized carbons (Fsp3) is 0.200. The highest BCUT2D eigenvalue weighted by Crippen LogP contribution is 2.37. The molecule has 0 spiro atoms. The molecule has 0 saturated carbocycles. The molecule has 0 aliphatic heterocycles. The molecule has 0 fully saturated rings. The molecule has 2 aromatic carbocycles. The fourth-order valence-corrected chi connectivity index (χ4v) is 3.81. The number of anilines is 2. The van der Waals surface area contributed by atoms with E-state index < -0.39 is 0 Å². The normalized spacial score (nSPS) is 10.9. The van der Waals surface area contributed by atoms with Gasteiger partial charge in [0.05, 0.1) is 16.6 Å². The predicted octanol–water partition coefficient (Wildman–Crippen LogP) is 4.80. The Morgan fingerprint density at radius 2 is 1.88 bits per heavy atom.